The van der Waals surface area contributed by atoms with Crippen LogP contribution in [0, 0.1) is 0 Å². The molecule has 12 heavy (non-hydrogen) atoms. The molecular weight excluding hydrogens is 162 g/mol. The lowest BCUT2D eigenvalue weighted by Gasteiger charge is -2.11. The predicted octanol–water partition coefficient (Wildman–Crippen LogP) is -2.44. The van der Waals surface area contributed by atoms with E-state index in [0.717, 1.165) is 0 Å². The quantitative estimate of drug-likeness (QED) is 0.431. The average Bonchev–Trinajstić information content (AvgIpc) is 2.03. The fourth-order valence-electron chi connectivity index (χ4n) is 0.598. The molecule has 6 nitrogen and oxygen atoms in total. The number of hydrogen-bond acceptors (Lipinski definition) is 4. The van der Waals surface area contributed by atoms with Crippen molar-refractivity contribution in [3.8, 4) is 0 Å². The summed E-state index contributed by atoms with van der Waals surface area (Å²) in [6.07, 6.45) is -0.718. The maximum absolute atomic E-state index is 11.0. The molecular formula is C6H13N3O3. The van der Waals surface area contributed by atoms with Crippen molar-refractivity contribution in [2.45, 2.75) is 6.10 Å². The Morgan fingerprint density at radius 2 is 2.17 bits per heavy atom. The first kappa shape index (κ1) is 10.9. The summed E-state index contributed by atoms with van der Waals surface area (Å²) in [4.78, 5) is 21.2. The van der Waals surface area contributed by atoms with Gasteiger partial charge < -0.3 is 21.5 Å². The summed E-state index contributed by atoms with van der Waals surface area (Å²) in [7, 11) is 1.36. The zero-order chi connectivity index (χ0) is 9.56. The summed E-state index contributed by atoms with van der Waals surface area (Å²) < 4.78 is 4.70. The van der Waals surface area contributed by atoms with Gasteiger partial charge in [0, 0.05) is 13.7 Å². The fraction of sp³-hybridized carbons (Fsp3) is 0.667. The molecule has 0 radical (unpaired) electrons. The molecule has 1 atom stereocenters. The van der Waals surface area contributed by atoms with Gasteiger partial charge in [0.1, 0.15) is 6.10 Å². The van der Waals surface area contributed by atoms with Gasteiger partial charge in [-0.3, -0.25) is 9.59 Å². The zero-order valence-electron chi connectivity index (χ0n) is 6.87. The molecule has 0 aromatic rings. The van der Waals surface area contributed by atoms with Crippen LogP contribution >= 0.6 is 0 Å². The van der Waals surface area contributed by atoms with Crippen LogP contribution in [0.15, 0.2) is 0 Å². The first-order valence-corrected chi connectivity index (χ1v) is 3.40. The lowest BCUT2D eigenvalue weighted by molar-refractivity contribution is -0.132. The second-order valence-electron chi connectivity index (χ2n) is 2.14. The highest BCUT2D eigenvalue weighted by Gasteiger charge is 2.15. The number of rotatable bonds is 5. The number of carbonyl (C=O) groups excluding carboxylic acids is 2. The second kappa shape index (κ2) is 5.50. The van der Waals surface area contributed by atoms with Gasteiger partial charge in [0.05, 0.1) is 6.54 Å². The standard InChI is InChI=1S/C6H13N3O3/c1-12-4(2-7)6(11)9-3-5(8)10/h4H,2-3,7H2,1H3,(H2,8,10)(H,9,11). The molecule has 0 aliphatic heterocycles. The van der Waals surface area contributed by atoms with E-state index in [0.29, 0.717) is 0 Å². The third-order valence-corrected chi connectivity index (χ3v) is 1.23. The van der Waals surface area contributed by atoms with Crippen molar-refractivity contribution in [1.29, 1.82) is 0 Å². The molecule has 2 amide bonds. The Morgan fingerprint density at radius 1 is 1.58 bits per heavy atom. The monoisotopic (exact) mass is 175 g/mol. The maximum Gasteiger partial charge on any atom is 0.250 e. The molecule has 6 heteroatoms. The number of ether oxygens (including phenoxy) is 1. The summed E-state index contributed by atoms with van der Waals surface area (Å²) in [5.41, 5.74) is 9.99. The molecule has 5 N–H and O–H groups in total. The first-order valence-electron chi connectivity index (χ1n) is 3.40. The summed E-state index contributed by atoms with van der Waals surface area (Å²) in [5, 5.41) is 2.27. The Bertz CT molecular complexity index is 167. The van der Waals surface area contributed by atoms with Crippen LogP contribution in [-0.2, 0) is 14.3 Å². The van der Waals surface area contributed by atoms with Gasteiger partial charge in [-0.15, -0.1) is 0 Å². The van der Waals surface area contributed by atoms with Gasteiger partial charge in [0.15, 0.2) is 0 Å². The number of hydrogen-bond donors (Lipinski definition) is 3. The third kappa shape index (κ3) is 3.89. The van der Waals surface area contributed by atoms with Crippen LogP contribution < -0.4 is 16.8 Å². The molecule has 0 saturated heterocycles. The molecule has 0 aromatic carbocycles. The van der Waals surface area contributed by atoms with E-state index in [1.807, 2.05) is 0 Å². The highest BCUT2D eigenvalue weighted by Crippen LogP contribution is 1.85. The molecule has 0 aliphatic carbocycles. The van der Waals surface area contributed by atoms with Crippen molar-refractivity contribution >= 4 is 11.8 Å². The molecule has 0 fully saturated rings. The topological polar surface area (TPSA) is 107 Å². The van der Waals surface area contributed by atoms with Crippen LogP contribution in [0.1, 0.15) is 0 Å². The van der Waals surface area contributed by atoms with E-state index in [4.69, 9.17) is 16.2 Å². The van der Waals surface area contributed by atoms with Gasteiger partial charge >= 0.3 is 0 Å². The lowest BCUT2D eigenvalue weighted by atomic mass is 10.3. The first-order chi connectivity index (χ1) is 5.61. The van der Waals surface area contributed by atoms with E-state index in [1.54, 1.807) is 0 Å². The minimum Gasteiger partial charge on any atom is -0.370 e. The predicted molar refractivity (Wildman–Crippen MR) is 42.1 cm³/mol. The molecule has 0 aliphatic rings. The average molecular weight is 175 g/mol. The molecule has 70 valence electrons. The Morgan fingerprint density at radius 3 is 2.50 bits per heavy atom. The largest absolute Gasteiger partial charge is 0.370 e. The van der Waals surface area contributed by atoms with Crippen LogP contribution in [0.2, 0.25) is 0 Å². The summed E-state index contributed by atoms with van der Waals surface area (Å²) in [6.45, 7) is -0.125. The number of carbonyl (C=O) groups is 2. The number of methoxy groups -OCH3 is 1. The number of primary amides is 1. The molecule has 0 saturated carbocycles. The molecule has 0 spiro atoms. The minimum absolute atomic E-state index is 0.0705. The van der Waals surface area contributed by atoms with Crippen molar-refractivity contribution in [1.82, 2.24) is 5.32 Å². The van der Waals surface area contributed by atoms with Crippen molar-refractivity contribution in [3.05, 3.63) is 0 Å². The van der Waals surface area contributed by atoms with E-state index >= 15 is 0 Å². The molecule has 1 unspecified atom stereocenters. The van der Waals surface area contributed by atoms with Crippen LogP contribution in [0.4, 0.5) is 0 Å². The van der Waals surface area contributed by atoms with Crippen molar-refractivity contribution in [3.63, 3.8) is 0 Å². The normalized spacial score (nSPS) is 12.2. The Balaban J connectivity index is 3.77. The highest BCUT2D eigenvalue weighted by molar-refractivity contribution is 5.86. The summed E-state index contributed by atoms with van der Waals surface area (Å²) in [5.74, 6) is -1.03. The van der Waals surface area contributed by atoms with E-state index in [9.17, 15) is 9.59 Å². The van der Waals surface area contributed by atoms with Gasteiger partial charge in [0.25, 0.3) is 5.91 Å². The number of nitrogens with two attached hydrogens (primary N) is 2. The van der Waals surface area contributed by atoms with Crippen LogP contribution in [0.3, 0.4) is 0 Å². The number of nitrogens with one attached hydrogen (secondary N) is 1. The summed E-state index contributed by atoms with van der Waals surface area (Å²) in [6, 6.07) is 0. The maximum atomic E-state index is 11.0. The van der Waals surface area contributed by atoms with Gasteiger partial charge in [-0.1, -0.05) is 0 Å². The van der Waals surface area contributed by atoms with Crippen LogP contribution in [-0.4, -0.2) is 38.1 Å². The van der Waals surface area contributed by atoms with Crippen LogP contribution in [0.5, 0.6) is 0 Å². The fourth-order valence-corrected chi connectivity index (χ4v) is 0.598. The Kier molecular flexibility index (Phi) is 4.98. The van der Waals surface area contributed by atoms with Crippen LogP contribution in [0.25, 0.3) is 0 Å². The lowest BCUT2D eigenvalue weighted by Crippen LogP contribution is -2.43. The van der Waals surface area contributed by atoms with E-state index in [2.05, 4.69) is 5.32 Å². The molecule has 0 bridgehead atoms. The summed E-state index contributed by atoms with van der Waals surface area (Å²) >= 11 is 0. The minimum atomic E-state index is -0.718. The Labute approximate surface area is 70.2 Å². The van der Waals surface area contributed by atoms with E-state index in [1.165, 1.54) is 7.11 Å². The molecule has 0 rings (SSSR count). The van der Waals surface area contributed by atoms with Gasteiger partial charge in [0.2, 0.25) is 5.91 Å². The Hall–Kier alpha value is -1.14. The van der Waals surface area contributed by atoms with Gasteiger partial charge in [-0.25, -0.2) is 0 Å². The SMILES string of the molecule is COC(CN)C(=O)NCC(N)=O. The molecule has 0 aromatic heterocycles. The smallest absolute Gasteiger partial charge is 0.250 e. The second-order valence-corrected chi connectivity index (χ2v) is 2.14. The van der Waals surface area contributed by atoms with Crippen molar-refractivity contribution < 1.29 is 14.3 Å². The van der Waals surface area contributed by atoms with Crippen molar-refractivity contribution in [2.75, 3.05) is 20.2 Å². The van der Waals surface area contributed by atoms with Gasteiger partial charge in [-0.2, -0.15) is 0 Å². The van der Waals surface area contributed by atoms with Gasteiger partial charge in [-0.05, 0) is 0 Å². The van der Waals surface area contributed by atoms with Crippen molar-refractivity contribution in [2.24, 2.45) is 11.5 Å². The highest BCUT2D eigenvalue weighted by atomic mass is 16.5. The number of amides is 2. The molecule has 0 heterocycles. The third-order valence-electron chi connectivity index (χ3n) is 1.23. The van der Waals surface area contributed by atoms with E-state index in [-0.39, 0.29) is 13.1 Å². The van der Waals surface area contributed by atoms with E-state index < -0.39 is 17.9 Å². The zero-order valence-corrected chi connectivity index (χ0v) is 6.87.